The number of hydrogen-bond donors (Lipinski definition) is 1. The molecule has 0 aromatic heterocycles. The van der Waals surface area contributed by atoms with E-state index in [1.165, 1.54) is 58.8 Å². The number of carbonyl (C=O) groups is 4. The number of rotatable bonds is 12. The third kappa shape index (κ3) is 6.57. The molecule has 0 aliphatic carbocycles. The fraction of sp³-hybridized carbons (Fsp3) is 0.200. The average Bonchev–Trinajstić information content (AvgIpc) is 3.33. The number of Topliss-reactive ketones (excluding diaryl/α,β-unsaturated/α-hetero) is 1. The molecule has 1 aliphatic heterocycles. The summed E-state index contributed by atoms with van der Waals surface area (Å²) in [4.78, 5) is 56.7. The number of ketones is 1. The van der Waals surface area contributed by atoms with Gasteiger partial charge in [0.05, 0.1) is 45.4 Å². The van der Waals surface area contributed by atoms with Gasteiger partial charge in [-0.2, -0.15) is 0 Å². The van der Waals surface area contributed by atoms with E-state index in [9.17, 15) is 19.2 Å². The standard InChI is InChI=1S/C35H32FN3O8/c1-44-23-14-15-26(29(18-23)46-3)37-34(42)32(21-13-16-28(45-2)30(17-21)47-4)39(19-22-9-5-7-11-25(22)36)31(40)20-38-27-12-8-6-10-24(27)33(41)35(38)43/h5-18,32H,19-20H2,1-4H3,(H,37,42). The molecule has 0 saturated heterocycles. The van der Waals surface area contributed by atoms with E-state index in [1.807, 2.05) is 0 Å². The van der Waals surface area contributed by atoms with Crippen molar-refractivity contribution in [3.05, 3.63) is 107 Å². The molecule has 0 bridgehead atoms. The van der Waals surface area contributed by atoms with Gasteiger partial charge >= 0.3 is 0 Å². The molecule has 3 amide bonds. The number of methoxy groups -OCH3 is 4. The second-order valence-electron chi connectivity index (χ2n) is 10.4. The van der Waals surface area contributed by atoms with Crippen LogP contribution < -0.4 is 29.2 Å². The molecule has 1 unspecified atom stereocenters. The minimum atomic E-state index is -1.41. The van der Waals surface area contributed by atoms with Gasteiger partial charge in [0.15, 0.2) is 11.5 Å². The van der Waals surface area contributed by atoms with Crippen LogP contribution in [0.25, 0.3) is 0 Å². The van der Waals surface area contributed by atoms with Crippen LogP contribution in [-0.2, 0) is 20.9 Å². The van der Waals surface area contributed by atoms with Crippen molar-refractivity contribution in [1.82, 2.24) is 4.90 Å². The third-order valence-electron chi connectivity index (χ3n) is 7.74. The molecule has 0 spiro atoms. The van der Waals surface area contributed by atoms with Gasteiger partial charge in [0, 0.05) is 18.2 Å². The second kappa shape index (κ2) is 14.0. The first-order chi connectivity index (χ1) is 22.7. The van der Waals surface area contributed by atoms with Crippen molar-refractivity contribution in [1.29, 1.82) is 0 Å². The highest BCUT2D eigenvalue weighted by Crippen LogP contribution is 2.36. The number of carbonyl (C=O) groups excluding carboxylic acids is 4. The predicted octanol–water partition coefficient (Wildman–Crippen LogP) is 4.80. The fourth-order valence-corrected chi connectivity index (χ4v) is 5.36. The Morgan fingerprint density at radius 2 is 1.51 bits per heavy atom. The van der Waals surface area contributed by atoms with E-state index in [1.54, 1.807) is 54.6 Å². The molecule has 1 atom stereocenters. The van der Waals surface area contributed by atoms with Crippen LogP contribution in [0.4, 0.5) is 15.8 Å². The SMILES string of the molecule is COc1ccc(NC(=O)C(c2ccc(OC)c(OC)c2)N(Cc2ccccc2F)C(=O)CN2C(=O)C(=O)c3ccccc32)c(OC)c1. The van der Waals surface area contributed by atoms with Crippen molar-refractivity contribution in [2.75, 3.05) is 45.2 Å². The third-order valence-corrected chi connectivity index (χ3v) is 7.74. The molecule has 12 heteroatoms. The Balaban J connectivity index is 1.62. The number of para-hydroxylation sites is 1. The van der Waals surface area contributed by atoms with E-state index in [0.717, 1.165) is 9.80 Å². The van der Waals surface area contributed by atoms with Crippen LogP contribution in [0, 0.1) is 5.82 Å². The quantitative estimate of drug-likeness (QED) is 0.219. The molecule has 47 heavy (non-hydrogen) atoms. The highest BCUT2D eigenvalue weighted by Gasteiger charge is 2.40. The summed E-state index contributed by atoms with van der Waals surface area (Å²) in [5, 5.41) is 2.82. The zero-order valence-corrected chi connectivity index (χ0v) is 26.1. The Morgan fingerprint density at radius 1 is 0.809 bits per heavy atom. The summed E-state index contributed by atoms with van der Waals surface area (Å²) in [7, 11) is 5.80. The smallest absolute Gasteiger partial charge is 0.299 e. The van der Waals surface area contributed by atoms with Gasteiger partial charge in [-0.15, -0.1) is 0 Å². The molecule has 5 rings (SSSR count). The van der Waals surface area contributed by atoms with Crippen molar-refractivity contribution in [2.45, 2.75) is 12.6 Å². The molecule has 1 heterocycles. The molecular weight excluding hydrogens is 609 g/mol. The average molecular weight is 642 g/mol. The largest absolute Gasteiger partial charge is 0.497 e. The van der Waals surface area contributed by atoms with Gasteiger partial charge in [0.2, 0.25) is 5.91 Å². The lowest BCUT2D eigenvalue weighted by molar-refractivity contribution is -0.139. The maximum absolute atomic E-state index is 15.1. The zero-order valence-electron chi connectivity index (χ0n) is 26.1. The summed E-state index contributed by atoms with van der Waals surface area (Å²) in [6.07, 6.45) is 0. The first-order valence-corrected chi connectivity index (χ1v) is 14.4. The van der Waals surface area contributed by atoms with Gasteiger partial charge in [0.1, 0.15) is 29.9 Å². The van der Waals surface area contributed by atoms with Crippen molar-refractivity contribution >= 4 is 34.9 Å². The van der Waals surface area contributed by atoms with Crippen LogP contribution in [0.15, 0.2) is 84.9 Å². The molecular formula is C35H32FN3O8. The van der Waals surface area contributed by atoms with Crippen molar-refractivity contribution < 1.29 is 42.5 Å². The van der Waals surface area contributed by atoms with E-state index in [0.29, 0.717) is 17.1 Å². The number of fused-ring (bicyclic) bond motifs is 1. The van der Waals surface area contributed by atoms with Gasteiger partial charge in [0.25, 0.3) is 17.6 Å². The molecule has 11 nitrogen and oxygen atoms in total. The summed E-state index contributed by atoms with van der Waals surface area (Å²) in [6, 6.07) is 20.2. The summed E-state index contributed by atoms with van der Waals surface area (Å²) in [5.74, 6) is -2.25. The van der Waals surface area contributed by atoms with Gasteiger partial charge in [-0.25, -0.2) is 4.39 Å². The summed E-state index contributed by atoms with van der Waals surface area (Å²) >= 11 is 0. The molecule has 4 aromatic carbocycles. The van der Waals surface area contributed by atoms with E-state index < -0.39 is 41.9 Å². The number of nitrogens with one attached hydrogen (secondary N) is 1. The molecule has 1 aliphatic rings. The lowest BCUT2D eigenvalue weighted by atomic mass is 10.0. The van der Waals surface area contributed by atoms with Crippen molar-refractivity contribution in [3.8, 4) is 23.0 Å². The first-order valence-electron chi connectivity index (χ1n) is 14.4. The first kappa shape index (κ1) is 32.5. The Kier molecular flexibility index (Phi) is 9.69. The van der Waals surface area contributed by atoms with Crippen LogP contribution in [0.3, 0.4) is 0 Å². The second-order valence-corrected chi connectivity index (χ2v) is 10.4. The Morgan fingerprint density at radius 3 is 2.21 bits per heavy atom. The molecule has 0 saturated carbocycles. The lowest BCUT2D eigenvalue weighted by Gasteiger charge is -2.33. The normalized spacial score (nSPS) is 12.7. The zero-order chi connectivity index (χ0) is 33.7. The van der Waals surface area contributed by atoms with Crippen LogP contribution in [-0.4, -0.2) is 63.4 Å². The topological polar surface area (TPSA) is 124 Å². The summed E-state index contributed by atoms with van der Waals surface area (Å²) in [6.45, 7) is -0.964. The Hall–Kier alpha value is -5.91. The highest BCUT2D eigenvalue weighted by atomic mass is 19.1. The fourth-order valence-electron chi connectivity index (χ4n) is 5.36. The highest BCUT2D eigenvalue weighted by molar-refractivity contribution is 6.52. The van der Waals surface area contributed by atoms with Crippen LogP contribution in [0.5, 0.6) is 23.0 Å². The van der Waals surface area contributed by atoms with Crippen molar-refractivity contribution in [2.24, 2.45) is 0 Å². The number of hydrogen-bond acceptors (Lipinski definition) is 8. The number of halogens is 1. The van der Waals surface area contributed by atoms with Gasteiger partial charge in [-0.05, 0) is 48.0 Å². The number of anilines is 2. The van der Waals surface area contributed by atoms with Gasteiger partial charge in [-0.1, -0.05) is 36.4 Å². The minimum absolute atomic E-state index is 0.116. The van der Waals surface area contributed by atoms with E-state index in [-0.39, 0.29) is 40.5 Å². The van der Waals surface area contributed by atoms with E-state index >= 15 is 4.39 Å². The van der Waals surface area contributed by atoms with Gasteiger partial charge < -0.3 is 29.2 Å². The predicted molar refractivity (Wildman–Crippen MR) is 171 cm³/mol. The Labute approximate surface area is 270 Å². The maximum Gasteiger partial charge on any atom is 0.299 e. The summed E-state index contributed by atoms with van der Waals surface area (Å²) < 4.78 is 36.7. The number of benzene rings is 4. The molecule has 0 fully saturated rings. The monoisotopic (exact) mass is 641 g/mol. The van der Waals surface area contributed by atoms with E-state index in [2.05, 4.69) is 5.32 Å². The molecule has 1 N–H and O–H groups in total. The Bertz CT molecular complexity index is 1850. The summed E-state index contributed by atoms with van der Waals surface area (Å²) in [5.41, 5.74) is 1.10. The maximum atomic E-state index is 15.1. The van der Waals surface area contributed by atoms with Crippen LogP contribution in [0.1, 0.15) is 27.5 Å². The molecule has 0 radical (unpaired) electrons. The minimum Gasteiger partial charge on any atom is -0.497 e. The van der Waals surface area contributed by atoms with Crippen LogP contribution in [0.2, 0.25) is 0 Å². The van der Waals surface area contributed by atoms with Gasteiger partial charge in [-0.3, -0.25) is 24.1 Å². The lowest BCUT2D eigenvalue weighted by Crippen LogP contribution is -2.46. The molecule has 242 valence electrons. The van der Waals surface area contributed by atoms with Crippen LogP contribution >= 0.6 is 0 Å². The van der Waals surface area contributed by atoms with E-state index in [4.69, 9.17) is 18.9 Å². The number of amides is 3. The van der Waals surface area contributed by atoms with Crippen molar-refractivity contribution in [3.63, 3.8) is 0 Å². The number of ether oxygens (including phenoxy) is 4. The number of nitrogens with zero attached hydrogens (tertiary/aromatic N) is 2. The molecule has 4 aromatic rings.